The lowest BCUT2D eigenvalue weighted by atomic mass is 9.99. The summed E-state index contributed by atoms with van der Waals surface area (Å²) in [4.78, 5) is 29.4. The molecule has 250 valence electrons. The molecule has 3 heterocycles. The lowest BCUT2D eigenvalue weighted by Gasteiger charge is -2.34. The lowest BCUT2D eigenvalue weighted by molar-refractivity contribution is -0.133. The van der Waals surface area contributed by atoms with Gasteiger partial charge in [-0.15, -0.1) is 0 Å². The van der Waals surface area contributed by atoms with Crippen LogP contribution in [0.25, 0.3) is 11.1 Å². The minimum absolute atomic E-state index is 0.00580. The summed E-state index contributed by atoms with van der Waals surface area (Å²) in [5.74, 6) is -0.837. The van der Waals surface area contributed by atoms with E-state index in [1.165, 1.54) is 24.3 Å². The first-order valence-electron chi connectivity index (χ1n) is 15.6. The zero-order valence-corrected chi connectivity index (χ0v) is 27.4. The summed E-state index contributed by atoms with van der Waals surface area (Å²) in [7, 11) is -3.36. The maximum absolute atomic E-state index is 14.3. The summed E-state index contributed by atoms with van der Waals surface area (Å²) >= 11 is 5.88. The Kier molecular flexibility index (Phi) is 9.86. The van der Waals surface area contributed by atoms with E-state index in [4.69, 9.17) is 21.1 Å². The van der Waals surface area contributed by atoms with Crippen LogP contribution in [0.2, 0.25) is 5.02 Å². The summed E-state index contributed by atoms with van der Waals surface area (Å²) in [6.45, 7) is 0.955. The number of amides is 2. The topological polar surface area (TPSA) is 134 Å². The molecule has 3 aliphatic heterocycles. The Hall–Kier alpha value is -3.55. The van der Waals surface area contributed by atoms with E-state index in [2.05, 4.69) is 10.6 Å². The maximum atomic E-state index is 14.3. The van der Waals surface area contributed by atoms with Crippen LogP contribution < -0.4 is 15.4 Å². The maximum Gasteiger partial charge on any atom is 0.255 e. The van der Waals surface area contributed by atoms with Crippen molar-refractivity contribution < 1.29 is 37.0 Å². The molecule has 3 N–H and O–H groups in total. The fourth-order valence-electron chi connectivity index (χ4n) is 6.46. The smallest absolute Gasteiger partial charge is 0.255 e. The summed E-state index contributed by atoms with van der Waals surface area (Å²) in [5.41, 5.74) is 2.43. The highest BCUT2D eigenvalue weighted by molar-refractivity contribution is 7.90. The first-order chi connectivity index (χ1) is 22.4. The minimum Gasteiger partial charge on any atom is -0.493 e. The van der Waals surface area contributed by atoms with Gasteiger partial charge < -0.3 is 25.2 Å². The van der Waals surface area contributed by atoms with Crippen molar-refractivity contribution in [1.82, 2.24) is 15.5 Å². The molecular weight excluding hydrogens is 649 g/mol. The molecule has 4 bridgehead atoms. The molecular formula is C34H37ClFN3O7S. The van der Waals surface area contributed by atoms with Crippen molar-refractivity contribution in [3.8, 4) is 16.9 Å². The Labute approximate surface area is 278 Å². The van der Waals surface area contributed by atoms with Crippen LogP contribution in [0.3, 0.4) is 0 Å². The fourth-order valence-corrected chi connectivity index (χ4v) is 7.21. The van der Waals surface area contributed by atoms with Crippen molar-refractivity contribution in [2.45, 2.75) is 67.5 Å². The number of carbonyl (C=O) groups excluding carboxylic acids is 2. The highest BCUT2D eigenvalue weighted by atomic mass is 35.5. The number of hydrogen-bond donors (Lipinski definition) is 3. The number of hydrogen-bond acceptors (Lipinski definition) is 8. The van der Waals surface area contributed by atoms with E-state index in [0.29, 0.717) is 49.1 Å². The Balaban J connectivity index is 1.29. The van der Waals surface area contributed by atoms with Gasteiger partial charge in [0.25, 0.3) is 5.91 Å². The van der Waals surface area contributed by atoms with Gasteiger partial charge in [-0.05, 0) is 72.4 Å². The number of ether oxygens (including phenoxy) is 2. The number of aliphatic hydroxyl groups is 1. The SMILES string of the molecule is CS(=O)(=O)c1ccc(-c2ccc3c(c2)OCC[C@@H]2CC[C@H](O)[C@@H](CNC(=O)[C@@H]4C[C@@H](CN4Cc4ccc(Cl)c(F)c4)NC3=O)O2)cc1. The van der Waals surface area contributed by atoms with E-state index in [9.17, 15) is 27.5 Å². The normalized spacial score (nSPS) is 25.7. The van der Waals surface area contributed by atoms with Gasteiger partial charge in [-0.3, -0.25) is 14.5 Å². The highest BCUT2D eigenvalue weighted by Crippen LogP contribution is 2.31. The van der Waals surface area contributed by atoms with Crippen LogP contribution in [-0.2, 0) is 25.9 Å². The molecule has 0 aliphatic carbocycles. The molecule has 0 radical (unpaired) electrons. The molecule has 0 unspecified atom stereocenters. The Morgan fingerprint density at radius 1 is 1.02 bits per heavy atom. The van der Waals surface area contributed by atoms with Gasteiger partial charge in [0.2, 0.25) is 5.91 Å². The van der Waals surface area contributed by atoms with E-state index in [0.717, 1.165) is 17.4 Å². The number of nitrogens with one attached hydrogen (secondary N) is 2. The zero-order chi connectivity index (χ0) is 33.3. The van der Waals surface area contributed by atoms with Crippen LogP contribution >= 0.6 is 11.6 Å². The molecule has 2 amide bonds. The fraction of sp³-hybridized carbons (Fsp3) is 0.412. The van der Waals surface area contributed by atoms with Crippen LogP contribution in [0.4, 0.5) is 4.39 Å². The second-order valence-electron chi connectivity index (χ2n) is 12.4. The van der Waals surface area contributed by atoms with Crippen LogP contribution in [0.1, 0.15) is 41.6 Å². The molecule has 0 saturated carbocycles. The largest absolute Gasteiger partial charge is 0.493 e. The van der Waals surface area contributed by atoms with E-state index in [1.807, 2.05) is 4.90 Å². The molecule has 47 heavy (non-hydrogen) atoms. The van der Waals surface area contributed by atoms with E-state index < -0.39 is 39.9 Å². The molecule has 3 aliphatic rings. The van der Waals surface area contributed by atoms with Crippen molar-refractivity contribution in [2.24, 2.45) is 0 Å². The van der Waals surface area contributed by atoms with Gasteiger partial charge in [0.1, 0.15) is 17.7 Å². The first kappa shape index (κ1) is 33.4. The van der Waals surface area contributed by atoms with Gasteiger partial charge in [-0.2, -0.15) is 0 Å². The molecule has 0 aromatic heterocycles. The number of halogens is 2. The molecule has 3 aromatic carbocycles. The molecule has 0 spiro atoms. The Bertz CT molecular complexity index is 1760. The Morgan fingerprint density at radius 3 is 2.53 bits per heavy atom. The number of likely N-dealkylation sites (tertiary alicyclic amines) is 1. The number of carbonyl (C=O) groups is 2. The lowest BCUT2D eigenvalue weighted by Crippen LogP contribution is -2.50. The number of sulfone groups is 1. The predicted molar refractivity (Wildman–Crippen MR) is 173 cm³/mol. The van der Waals surface area contributed by atoms with Gasteiger partial charge in [-0.1, -0.05) is 35.9 Å². The number of aliphatic hydroxyl groups excluding tert-OH is 1. The number of rotatable bonds is 4. The van der Waals surface area contributed by atoms with Gasteiger partial charge in [0, 0.05) is 38.4 Å². The molecule has 6 rings (SSSR count). The third kappa shape index (κ3) is 7.79. The molecule has 5 atom stereocenters. The van der Waals surface area contributed by atoms with E-state index in [1.54, 1.807) is 36.4 Å². The van der Waals surface area contributed by atoms with Crippen LogP contribution in [-0.4, -0.2) is 86.6 Å². The van der Waals surface area contributed by atoms with E-state index in [-0.39, 0.29) is 47.5 Å². The van der Waals surface area contributed by atoms with Crippen molar-refractivity contribution >= 4 is 33.3 Å². The van der Waals surface area contributed by atoms with Gasteiger partial charge in [0.05, 0.1) is 40.3 Å². The van der Waals surface area contributed by atoms with Crippen molar-refractivity contribution in [1.29, 1.82) is 0 Å². The summed E-state index contributed by atoms with van der Waals surface area (Å²) in [5, 5.41) is 16.6. The molecule has 13 heteroatoms. The first-order valence-corrected chi connectivity index (χ1v) is 17.9. The molecule has 10 nitrogen and oxygen atoms in total. The summed E-state index contributed by atoms with van der Waals surface area (Å²) in [6.07, 6.45) is 1.56. The molecule has 2 fully saturated rings. The summed E-state index contributed by atoms with van der Waals surface area (Å²) in [6, 6.07) is 15.2. The van der Waals surface area contributed by atoms with Gasteiger partial charge in [-0.25, -0.2) is 12.8 Å². The van der Waals surface area contributed by atoms with Crippen molar-refractivity contribution in [2.75, 3.05) is 26.0 Å². The van der Waals surface area contributed by atoms with Crippen LogP contribution in [0, 0.1) is 5.82 Å². The standard InChI is InChI=1S/C34H37ClFN3O7S/c1-47(43,44)25-7-3-21(4-8-25)22-5-9-26-31(15-22)45-13-12-24-6-11-30(40)32(46-24)17-37-34(42)29-16-23(38-33(26)41)19-39(29)18-20-2-10-27(35)28(36)14-20/h2-5,7-10,14-15,23-24,29-30,32,40H,6,11-13,16-19H2,1H3,(H,37,42)(H,38,41)/t23-,24-,29-,30-,32+/m0/s1. The third-order valence-corrected chi connectivity index (χ3v) is 10.4. The summed E-state index contributed by atoms with van der Waals surface area (Å²) < 4.78 is 50.5. The average molecular weight is 686 g/mol. The minimum atomic E-state index is -3.36. The second kappa shape index (κ2) is 13.9. The van der Waals surface area contributed by atoms with Crippen molar-refractivity contribution in [3.05, 3.63) is 82.6 Å². The Morgan fingerprint density at radius 2 is 1.79 bits per heavy atom. The zero-order valence-electron chi connectivity index (χ0n) is 25.8. The third-order valence-electron chi connectivity index (χ3n) is 9.01. The van der Waals surface area contributed by atoms with Gasteiger partial charge >= 0.3 is 0 Å². The highest BCUT2D eigenvalue weighted by Gasteiger charge is 2.39. The number of nitrogens with zero attached hydrogens (tertiary/aromatic N) is 1. The average Bonchev–Trinajstić information content (AvgIpc) is 3.43. The number of fused-ring (bicyclic) bond motifs is 5. The number of benzene rings is 3. The van der Waals surface area contributed by atoms with Crippen molar-refractivity contribution in [3.63, 3.8) is 0 Å². The van der Waals surface area contributed by atoms with E-state index >= 15 is 0 Å². The van der Waals surface area contributed by atoms with Crippen LogP contribution in [0.5, 0.6) is 5.75 Å². The second-order valence-corrected chi connectivity index (χ2v) is 14.9. The quantitative estimate of drug-likeness (QED) is 0.379. The molecule has 2 saturated heterocycles. The molecule has 3 aromatic rings. The van der Waals surface area contributed by atoms with Gasteiger partial charge in [0.15, 0.2) is 9.84 Å². The monoisotopic (exact) mass is 685 g/mol. The predicted octanol–water partition coefficient (Wildman–Crippen LogP) is 3.73. The van der Waals surface area contributed by atoms with Crippen LogP contribution in [0.15, 0.2) is 65.6 Å².